The van der Waals surface area contributed by atoms with E-state index in [0.717, 1.165) is 53.2 Å². The second-order valence-electron chi connectivity index (χ2n) is 6.19. The molecule has 1 aromatic carbocycles. The van der Waals surface area contributed by atoms with Crippen molar-refractivity contribution in [2.75, 3.05) is 18.4 Å². The lowest BCUT2D eigenvalue weighted by atomic mass is 10.0. The first kappa shape index (κ1) is 15.0. The average molecular weight is 320 g/mol. The van der Waals surface area contributed by atoms with Gasteiger partial charge in [-0.05, 0) is 44.0 Å². The van der Waals surface area contributed by atoms with Crippen molar-refractivity contribution >= 4 is 16.9 Å². The van der Waals surface area contributed by atoms with Gasteiger partial charge in [0.2, 0.25) is 0 Å². The molecule has 2 aromatic heterocycles. The van der Waals surface area contributed by atoms with Crippen LogP contribution in [0.4, 0.5) is 5.82 Å². The standard InChI is InChI=1S/C18H20N6/c1-12-7-15-16(22-6-5-21-15)8-14(12)17-10-20-11-18(24-17)23-13-3-2-4-19-9-13/h5-8,10-11,13,19H,2-4,9H2,1H3,(H,23,24). The van der Waals surface area contributed by atoms with E-state index in [9.17, 15) is 0 Å². The van der Waals surface area contributed by atoms with Crippen LogP contribution in [0.3, 0.4) is 0 Å². The topological polar surface area (TPSA) is 75.6 Å². The molecule has 1 atom stereocenters. The Morgan fingerprint density at radius 2 is 1.96 bits per heavy atom. The zero-order valence-electron chi connectivity index (χ0n) is 13.7. The van der Waals surface area contributed by atoms with Crippen molar-refractivity contribution < 1.29 is 0 Å². The highest BCUT2D eigenvalue weighted by Gasteiger charge is 2.14. The van der Waals surface area contributed by atoms with Crippen LogP contribution in [0.2, 0.25) is 0 Å². The molecule has 1 aliphatic heterocycles. The van der Waals surface area contributed by atoms with Gasteiger partial charge in [0.05, 0.1) is 29.1 Å². The molecule has 1 saturated heterocycles. The molecule has 0 amide bonds. The number of hydrogen-bond acceptors (Lipinski definition) is 6. The molecule has 3 aromatic rings. The summed E-state index contributed by atoms with van der Waals surface area (Å²) in [7, 11) is 0. The van der Waals surface area contributed by atoms with Gasteiger partial charge in [-0.25, -0.2) is 4.98 Å². The lowest BCUT2D eigenvalue weighted by molar-refractivity contribution is 0.479. The van der Waals surface area contributed by atoms with E-state index in [1.54, 1.807) is 24.8 Å². The van der Waals surface area contributed by atoms with E-state index in [4.69, 9.17) is 4.98 Å². The summed E-state index contributed by atoms with van der Waals surface area (Å²) in [6.45, 7) is 4.13. The van der Waals surface area contributed by atoms with Crippen LogP contribution in [-0.4, -0.2) is 39.1 Å². The maximum atomic E-state index is 4.76. The summed E-state index contributed by atoms with van der Waals surface area (Å²) in [4.78, 5) is 17.9. The van der Waals surface area contributed by atoms with Crippen molar-refractivity contribution in [2.24, 2.45) is 0 Å². The van der Waals surface area contributed by atoms with Crippen LogP contribution in [0, 0.1) is 6.92 Å². The summed E-state index contributed by atoms with van der Waals surface area (Å²) in [6.07, 6.45) is 9.35. The predicted octanol–water partition coefficient (Wildman–Crippen LogP) is 2.56. The Morgan fingerprint density at radius 1 is 1.12 bits per heavy atom. The van der Waals surface area contributed by atoms with Crippen molar-refractivity contribution in [2.45, 2.75) is 25.8 Å². The molecule has 24 heavy (non-hydrogen) atoms. The Hall–Kier alpha value is -2.60. The van der Waals surface area contributed by atoms with E-state index in [2.05, 4.69) is 32.5 Å². The number of piperidine rings is 1. The summed E-state index contributed by atoms with van der Waals surface area (Å²) < 4.78 is 0. The van der Waals surface area contributed by atoms with Gasteiger partial charge >= 0.3 is 0 Å². The second kappa shape index (κ2) is 6.49. The Morgan fingerprint density at radius 3 is 2.75 bits per heavy atom. The van der Waals surface area contributed by atoms with Gasteiger partial charge in [-0.2, -0.15) is 0 Å². The number of benzene rings is 1. The third-order valence-electron chi connectivity index (χ3n) is 4.37. The third-order valence-corrected chi connectivity index (χ3v) is 4.37. The molecule has 4 rings (SSSR count). The van der Waals surface area contributed by atoms with Crippen molar-refractivity contribution in [3.63, 3.8) is 0 Å². The van der Waals surface area contributed by atoms with E-state index in [1.807, 2.05) is 12.1 Å². The molecular formula is C18H20N6. The van der Waals surface area contributed by atoms with Gasteiger partial charge in [-0.15, -0.1) is 0 Å². The first-order valence-electron chi connectivity index (χ1n) is 8.30. The van der Waals surface area contributed by atoms with Gasteiger partial charge in [-0.3, -0.25) is 15.0 Å². The molecule has 122 valence electrons. The Bertz CT molecular complexity index is 857. The van der Waals surface area contributed by atoms with Gasteiger partial charge in [0.25, 0.3) is 0 Å². The van der Waals surface area contributed by atoms with Crippen LogP contribution >= 0.6 is 0 Å². The van der Waals surface area contributed by atoms with E-state index < -0.39 is 0 Å². The summed E-state index contributed by atoms with van der Waals surface area (Å²) in [5.41, 5.74) is 4.78. The van der Waals surface area contributed by atoms with Crippen molar-refractivity contribution in [1.82, 2.24) is 25.3 Å². The molecule has 0 radical (unpaired) electrons. The molecule has 0 saturated carbocycles. The maximum Gasteiger partial charge on any atom is 0.145 e. The minimum Gasteiger partial charge on any atom is -0.365 e. The highest BCUT2D eigenvalue weighted by Crippen LogP contribution is 2.25. The van der Waals surface area contributed by atoms with Crippen molar-refractivity contribution in [3.8, 4) is 11.3 Å². The normalized spacial score (nSPS) is 17.8. The van der Waals surface area contributed by atoms with Crippen LogP contribution in [0.15, 0.2) is 36.9 Å². The molecule has 2 N–H and O–H groups in total. The van der Waals surface area contributed by atoms with Crippen LogP contribution in [0.5, 0.6) is 0 Å². The molecule has 0 bridgehead atoms. The highest BCUT2D eigenvalue weighted by atomic mass is 15.1. The van der Waals surface area contributed by atoms with Crippen LogP contribution in [-0.2, 0) is 0 Å². The number of hydrogen-bond donors (Lipinski definition) is 2. The van der Waals surface area contributed by atoms with Crippen molar-refractivity contribution in [1.29, 1.82) is 0 Å². The molecule has 0 aliphatic carbocycles. The largest absolute Gasteiger partial charge is 0.365 e. The summed E-state index contributed by atoms with van der Waals surface area (Å²) in [5, 5.41) is 6.89. The Balaban J connectivity index is 1.66. The average Bonchev–Trinajstić information content (AvgIpc) is 2.62. The monoisotopic (exact) mass is 320 g/mol. The fourth-order valence-corrected chi connectivity index (χ4v) is 3.14. The van der Waals surface area contributed by atoms with Crippen LogP contribution in [0.25, 0.3) is 22.3 Å². The van der Waals surface area contributed by atoms with Gasteiger partial charge < -0.3 is 10.6 Å². The fraction of sp³-hybridized carbons (Fsp3) is 0.333. The zero-order chi connectivity index (χ0) is 16.4. The summed E-state index contributed by atoms with van der Waals surface area (Å²) in [6, 6.07) is 4.49. The molecule has 6 nitrogen and oxygen atoms in total. The SMILES string of the molecule is Cc1cc2nccnc2cc1-c1cncc(NC2CCCNC2)n1. The quantitative estimate of drug-likeness (QED) is 0.772. The van der Waals surface area contributed by atoms with Crippen LogP contribution < -0.4 is 10.6 Å². The minimum atomic E-state index is 0.409. The number of nitrogens with zero attached hydrogens (tertiary/aromatic N) is 4. The number of rotatable bonds is 3. The molecule has 1 fully saturated rings. The molecular weight excluding hydrogens is 300 g/mol. The summed E-state index contributed by atoms with van der Waals surface area (Å²) >= 11 is 0. The number of aromatic nitrogens is 4. The van der Waals surface area contributed by atoms with E-state index in [1.165, 1.54) is 6.42 Å². The van der Waals surface area contributed by atoms with Crippen molar-refractivity contribution in [3.05, 3.63) is 42.5 Å². The van der Waals surface area contributed by atoms with Gasteiger partial charge in [-0.1, -0.05) is 0 Å². The smallest absolute Gasteiger partial charge is 0.145 e. The third kappa shape index (κ3) is 3.05. The molecule has 1 unspecified atom stereocenters. The zero-order valence-corrected chi connectivity index (χ0v) is 13.7. The molecule has 6 heteroatoms. The van der Waals surface area contributed by atoms with Crippen LogP contribution in [0.1, 0.15) is 18.4 Å². The van der Waals surface area contributed by atoms with Gasteiger partial charge in [0.15, 0.2) is 0 Å². The second-order valence-corrected chi connectivity index (χ2v) is 6.19. The lowest BCUT2D eigenvalue weighted by Crippen LogP contribution is -2.38. The molecule has 3 heterocycles. The number of aryl methyl sites for hydroxylation is 1. The van der Waals surface area contributed by atoms with E-state index in [-0.39, 0.29) is 0 Å². The summed E-state index contributed by atoms with van der Waals surface area (Å²) in [5.74, 6) is 0.819. The molecule has 1 aliphatic rings. The number of nitrogens with one attached hydrogen (secondary N) is 2. The van der Waals surface area contributed by atoms with Gasteiger partial charge in [0.1, 0.15) is 5.82 Å². The fourth-order valence-electron chi connectivity index (χ4n) is 3.14. The van der Waals surface area contributed by atoms with E-state index >= 15 is 0 Å². The number of anilines is 1. The number of fused-ring (bicyclic) bond motifs is 1. The van der Waals surface area contributed by atoms with E-state index in [0.29, 0.717) is 6.04 Å². The maximum absolute atomic E-state index is 4.76. The minimum absolute atomic E-state index is 0.409. The lowest BCUT2D eigenvalue weighted by Gasteiger charge is -2.24. The first-order chi connectivity index (χ1) is 11.8. The highest BCUT2D eigenvalue weighted by molar-refractivity contribution is 5.82. The van der Waals surface area contributed by atoms with Gasteiger partial charge in [0, 0.05) is 30.5 Å². The Kier molecular flexibility index (Phi) is 4.04. The Labute approximate surface area is 140 Å². The first-order valence-corrected chi connectivity index (χ1v) is 8.30. The predicted molar refractivity (Wildman–Crippen MR) is 94.8 cm³/mol. The molecule has 0 spiro atoms.